The SMILES string of the molecule is C=C(C)[C@@H]1CC[C@@]2(C)OC(=O)N(CCC(N)=O)[C@@]12C. The van der Waals surface area contributed by atoms with Crippen LogP contribution in [0.1, 0.15) is 40.0 Å². The van der Waals surface area contributed by atoms with Gasteiger partial charge in [-0.1, -0.05) is 12.2 Å². The first kappa shape index (κ1) is 13.9. The van der Waals surface area contributed by atoms with Gasteiger partial charge in [-0.15, -0.1) is 0 Å². The highest BCUT2D eigenvalue weighted by atomic mass is 16.6. The third-order valence-corrected chi connectivity index (χ3v) is 4.93. The average molecular weight is 266 g/mol. The first-order chi connectivity index (χ1) is 8.72. The Morgan fingerprint density at radius 1 is 1.58 bits per heavy atom. The molecule has 0 bridgehead atoms. The maximum absolute atomic E-state index is 12.1. The first-order valence-electron chi connectivity index (χ1n) is 6.66. The highest BCUT2D eigenvalue weighted by Crippen LogP contribution is 2.55. The molecule has 5 heteroatoms. The van der Waals surface area contributed by atoms with Crippen LogP contribution < -0.4 is 5.73 Å². The van der Waals surface area contributed by atoms with Crippen LogP contribution >= 0.6 is 0 Å². The van der Waals surface area contributed by atoms with Crippen molar-refractivity contribution in [1.29, 1.82) is 0 Å². The maximum Gasteiger partial charge on any atom is 0.411 e. The zero-order valence-electron chi connectivity index (χ0n) is 11.9. The Labute approximate surface area is 113 Å². The zero-order chi connectivity index (χ0) is 14.4. The topological polar surface area (TPSA) is 72.6 Å². The minimum absolute atomic E-state index is 0.156. The number of carbonyl (C=O) groups is 2. The maximum atomic E-state index is 12.1. The molecule has 0 spiro atoms. The van der Waals surface area contributed by atoms with Crippen LogP contribution in [0.5, 0.6) is 0 Å². The molecule has 5 nitrogen and oxygen atoms in total. The van der Waals surface area contributed by atoms with Crippen LogP contribution in [0.2, 0.25) is 0 Å². The Morgan fingerprint density at radius 3 is 2.74 bits per heavy atom. The molecule has 1 saturated carbocycles. The van der Waals surface area contributed by atoms with E-state index in [1.54, 1.807) is 4.90 Å². The third kappa shape index (κ3) is 1.83. The van der Waals surface area contributed by atoms with Gasteiger partial charge >= 0.3 is 6.09 Å². The molecule has 0 unspecified atom stereocenters. The minimum Gasteiger partial charge on any atom is -0.441 e. The van der Waals surface area contributed by atoms with Crippen molar-refractivity contribution < 1.29 is 14.3 Å². The fourth-order valence-electron chi connectivity index (χ4n) is 3.66. The smallest absolute Gasteiger partial charge is 0.411 e. The normalized spacial score (nSPS) is 37.1. The molecule has 106 valence electrons. The quantitative estimate of drug-likeness (QED) is 0.789. The Morgan fingerprint density at radius 2 is 2.21 bits per heavy atom. The summed E-state index contributed by atoms with van der Waals surface area (Å²) in [4.78, 5) is 24.8. The van der Waals surface area contributed by atoms with E-state index in [4.69, 9.17) is 10.5 Å². The molecule has 2 rings (SSSR count). The number of fused-ring (bicyclic) bond motifs is 1. The number of rotatable bonds is 4. The number of primary amides is 1. The highest BCUT2D eigenvalue weighted by molar-refractivity contribution is 5.77. The van der Waals surface area contributed by atoms with Gasteiger partial charge in [0, 0.05) is 18.9 Å². The van der Waals surface area contributed by atoms with Crippen LogP contribution in [0.4, 0.5) is 4.79 Å². The summed E-state index contributed by atoms with van der Waals surface area (Å²) in [5.41, 5.74) is 5.29. The van der Waals surface area contributed by atoms with E-state index in [1.807, 2.05) is 20.8 Å². The summed E-state index contributed by atoms with van der Waals surface area (Å²) in [7, 11) is 0. The predicted molar refractivity (Wildman–Crippen MR) is 71.3 cm³/mol. The molecule has 0 aromatic carbocycles. The number of amides is 2. The van der Waals surface area contributed by atoms with Crippen molar-refractivity contribution in [3.63, 3.8) is 0 Å². The molecule has 1 heterocycles. The van der Waals surface area contributed by atoms with Crippen LogP contribution in [-0.2, 0) is 9.53 Å². The highest BCUT2D eigenvalue weighted by Gasteiger charge is 2.66. The number of hydrogen-bond donors (Lipinski definition) is 1. The second kappa shape index (κ2) is 4.25. The lowest BCUT2D eigenvalue weighted by Crippen LogP contribution is -2.56. The summed E-state index contributed by atoms with van der Waals surface area (Å²) in [6.07, 6.45) is 1.57. The summed E-state index contributed by atoms with van der Waals surface area (Å²) in [6, 6.07) is 0. The molecule has 2 aliphatic rings. The molecule has 2 fully saturated rings. The molecular formula is C14H22N2O3. The van der Waals surface area contributed by atoms with Crippen LogP contribution in [0.3, 0.4) is 0 Å². The van der Waals surface area contributed by atoms with E-state index in [0.29, 0.717) is 6.54 Å². The van der Waals surface area contributed by atoms with Gasteiger partial charge in [0.25, 0.3) is 0 Å². The van der Waals surface area contributed by atoms with E-state index in [0.717, 1.165) is 18.4 Å². The Bertz CT molecular complexity index is 448. The second-order valence-corrected chi connectivity index (χ2v) is 6.05. The molecule has 2 N–H and O–H groups in total. The Hall–Kier alpha value is -1.52. The van der Waals surface area contributed by atoms with Crippen molar-refractivity contribution >= 4 is 12.0 Å². The molecular weight excluding hydrogens is 244 g/mol. The fraction of sp³-hybridized carbons (Fsp3) is 0.714. The molecule has 1 aliphatic heterocycles. The molecule has 1 aliphatic carbocycles. The molecule has 3 atom stereocenters. The molecule has 2 amide bonds. The van der Waals surface area contributed by atoms with Crippen LogP contribution in [0.25, 0.3) is 0 Å². The van der Waals surface area contributed by atoms with Gasteiger partial charge in [-0.05, 0) is 33.6 Å². The lowest BCUT2D eigenvalue weighted by Gasteiger charge is -2.41. The standard InChI is InChI=1S/C14H22N2O3/c1-9(2)10-5-7-13(3)14(10,4)16(12(18)19-13)8-6-11(15)17/h10H,1,5-8H2,2-4H3,(H2,15,17)/t10-,13+,14-/m0/s1. The predicted octanol–water partition coefficient (Wildman–Crippen LogP) is 1.82. The number of carbonyl (C=O) groups excluding carboxylic acids is 2. The Balaban J connectivity index is 2.34. The van der Waals surface area contributed by atoms with Gasteiger partial charge in [0.05, 0.1) is 5.54 Å². The van der Waals surface area contributed by atoms with Crippen molar-refractivity contribution in [3.8, 4) is 0 Å². The van der Waals surface area contributed by atoms with Crippen molar-refractivity contribution in [1.82, 2.24) is 4.90 Å². The number of nitrogens with zero attached hydrogens (tertiary/aromatic N) is 1. The van der Waals surface area contributed by atoms with Gasteiger partial charge in [-0.25, -0.2) is 4.79 Å². The largest absolute Gasteiger partial charge is 0.441 e. The second-order valence-electron chi connectivity index (χ2n) is 6.05. The van der Waals surface area contributed by atoms with E-state index >= 15 is 0 Å². The summed E-state index contributed by atoms with van der Waals surface area (Å²) in [6.45, 7) is 10.3. The van der Waals surface area contributed by atoms with Crippen molar-refractivity contribution in [2.24, 2.45) is 11.7 Å². The summed E-state index contributed by atoms with van der Waals surface area (Å²) in [5, 5.41) is 0. The van der Waals surface area contributed by atoms with Gasteiger partial charge in [-0.2, -0.15) is 0 Å². The van der Waals surface area contributed by atoms with Crippen LogP contribution in [0, 0.1) is 5.92 Å². The van der Waals surface area contributed by atoms with Gasteiger partial charge in [0.15, 0.2) is 0 Å². The van der Waals surface area contributed by atoms with E-state index in [9.17, 15) is 9.59 Å². The molecule has 0 radical (unpaired) electrons. The third-order valence-electron chi connectivity index (χ3n) is 4.93. The molecule has 0 aromatic heterocycles. The van der Waals surface area contributed by atoms with Gasteiger partial charge in [0.1, 0.15) is 5.60 Å². The number of nitrogens with two attached hydrogens (primary N) is 1. The number of ether oxygens (including phenoxy) is 1. The van der Waals surface area contributed by atoms with Crippen molar-refractivity contribution in [2.45, 2.75) is 51.2 Å². The molecule has 19 heavy (non-hydrogen) atoms. The van der Waals surface area contributed by atoms with Gasteiger partial charge in [-0.3, -0.25) is 9.69 Å². The van der Waals surface area contributed by atoms with Gasteiger partial charge < -0.3 is 10.5 Å². The lowest BCUT2D eigenvalue weighted by molar-refractivity contribution is -0.118. The van der Waals surface area contributed by atoms with E-state index in [2.05, 4.69) is 6.58 Å². The summed E-state index contributed by atoms with van der Waals surface area (Å²) in [5.74, 6) is -0.216. The first-order valence-corrected chi connectivity index (χ1v) is 6.66. The fourth-order valence-corrected chi connectivity index (χ4v) is 3.66. The van der Waals surface area contributed by atoms with Crippen LogP contribution in [-0.4, -0.2) is 34.6 Å². The average Bonchev–Trinajstić information content (AvgIpc) is 2.60. The van der Waals surface area contributed by atoms with Crippen molar-refractivity contribution in [2.75, 3.05) is 6.54 Å². The summed E-state index contributed by atoms with van der Waals surface area (Å²) >= 11 is 0. The molecule has 1 saturated heterocycles. The van der Waals surface area contributed by atoms with E-state index in [-0.39, 0.29) is 18.4 Å². The summed E-state index contributed by atoms with van der Waals surface area (Å²) < 4.78 is 5.59. The monoisotopic (exact) mass is 266 g/mol. The molecule has 0 aromatic rings. The lowest BCUT2D eigenvalue weighted by atomic mass is 9.76. The van der Waals surface area contributed by atoms with Crippen LogP contribution in [0.15, 0.2) is 12.2 Å². The van der Waals surface area contributed by atoms with Gasteiger partial charge in [0.2, 0.25) is 5.91 Å². The van der Waals surface area contributed by atoms with E-state index < -0.39 is 17.0 Å². The van der Waals surface area contributed by atoms with E-state index in [1.165, 1.54) is 0 Å². The van der Waals surface area contributed by atoms with Crippen molar-refractivity contribution in [3.05, 3.63) is 12.2 Å². The minimum atomic E-state index is -0.509. The zero-order valence-corrected chi connectivity index (χ0v) is 11.9. The Kier molecular flexibility index (Phi) is 3.11. The number of hydrogen-bond acceptors (Lipinski definition) is 3.